The molecule has 4 fully saturated rings. The van der Waals surface area contributed by atoms with Crippen molar-refractivity contribution in [3.8, 4) is 0 Å². The summed E-state index contributed by atoms with van der Waals surface area (Å²) in [5.41, 5.74) is 8.15. The molecule has 21 heteroatoms. The van der Waals surface area contributed by atoms with Gasteiger partial charge in [-0.05, 0) is 179 Å². The number of aliphatic hydroxyl groups excluding tert-OH is 1. The number of amides is 4. The summed E-state index contributed by atoms with van der Waals surface area (Å²) in [4.78, 5) is 81.9. The second-order valence-corrected chi connectivity index (χ2v) is 25.5. The number of anilines is 2. The Hall–Kier alpha value is -6.22. The Morgan fingerprint density at radius 2 is 0.977 bits per heavy atom. The molecule has 19 nitrogen and oxygen atoms in total. The molecule has 0 atom stereocenters. The Bertz CT molecular complexity index is 3330. The summed E-state index contributed by atoms with van der Waals surface area (Å²) in [6, 6.07) is 28.1. The molecular weight excluding hydrogens is 1110 g/mol. The standard InChI is InChI=1S/C34H45N5O5.C32H43N5O4.Al.Li.4H/c1-6-43-31(41)25-11-13-27(14-12-25)39-29-15-10-24(22-37-16-18-38(19-17-37)33(42)44-34(3,4)5)21-28(29)35-32(39)36-30(40)26-9-7-8-23(2)20-26;1-22-6-5-7-25(18-22)29(39)34-30-33-27-19-24(10-13-28(27)37(30)26-11-8-23(21-38)9-12-26)20-35-14-16-36(17-15-35)31(40)41-32(2,3)4;;;;;;/h7-10,15,20-21,25,27H,6,11-14,16-19,22H2,1-5H3,(H,35,36,40);5-7,10,13,18-19,23,26,38H,8-9,11-12,14-17,20-21H2,1-4H3,(H,33,34,39);;;;;;/q;;;+1;;;;-1. The van der Waals surface area contributed by atoms with E-state index in [1.165, 1.54) is 0 Å². The molecule has 464 valence electrons. The topological polar surface area (TPSA) is 206 Å². The Kier molecular flexibility index (Phi) is 23.8. The van der Waals surface area contributed by atoms with Gasteiger partial charge in [0.2, 0.25) is 11.9 Å². The van der Waals surface area contributed by atoms with Crippen molar-refractivity contribution in [1.82, 2.24) is 38.7 Å². The van der Waals surface area contributed by atoms with Crippen molar-refractivity contribution in [3.63, 3.8) is 0 Å². The zero-order valence-electron chi connectivity index (χ0n) is 53.3. The van der Waals surface area contributed by atoms with E-state index >= 15 is 0 Å². The normalized spacial score (nSPS) is 19.4. The molecule has 4 aliphatic rings. The van der Waals surface area contributed by atoms with Crippen molar-refractivity contribution in [2.45, 2.75) is 150 Å². The molecule has 0 radical (unpaired) electrons. The van der Waals surface area contributed by atoms with Crippen LogP contribution in [0.2, 0.25) is 0 Å². The van der Waals surface area contributed by atoms with Gasteiger partial charge in [-0.2, -0.15) is 0 Å². The quantitative estimate of drug-likeness (QED) is 0.0593. The van der Waals surface area contributed by atoms with Crippen LogP contribution in [0.1, 0.15) is 156 Å². The summed E-state index contributed by atoms with van der Waals surface area (Å²) in [6.07, 6.45) is 6.35. The van der Waals surface area contributed by atoms with Crippen molar-refractivity contribution in [2.24, 2.45) is 11.8 Å². The number of carbonyl (C=O) groups is 5. The molecule has 4 heterocycles. The Labute approximate surface area is 537 Å². The van der Waals surface area contributed by atoms with Crippen LogP contribution in [0.15, 0.2) is 84.9 Å². The fraction of sp³-hybridized carbons (Fsp3) is 0.530. The van der Waals surface area contributed by atoms with Crippen molar-refractivity contribution in [1.29, 1.82) is 0 Å². The van der Waals surface area contributed by atoms with Gasteiger partial charge in [-0.25, -0.2) is 19.6 Å². The number of aliphatic hydroxyl groups is 1. The monoisotopic (exact) mass is 1200 g/mol. The maximum absolute atomic E-state index is 13.3. The van der Waals surface area contributed by atoms with Gasteiger partial charge in [0.15, 0.2) is 17.4 Å². The molecule has 0 bridgehead atoms. The summed E-state index contributed by atoms with van der Waals surface area (Å²) >= 11 is 0. The molecule has 2 saturated carbocycles. The number of ether oxygens (including phenoxy) is 3. The third-order valence-corrected chi connectivity index (χ3v) is 16.5. The Morgan fingerprint density at radius 3 is 1.34 bits per heavy atom. The van der Waals surface area contributed by atoms with E-state index in [4.69, 9.17) is 24.2 Å². The van der Waals surface area contributed by atoms with Gasteiger partial charge in [-0.3, -0.25) is 34.8 Å². The molecule has 6 aromatic rings. The van der Waals surface area contributed by atoms with Gasteiger partial charge >= 0.3 is 37.0 Å². The van der Waals surface area contributed by atoms with Crippen LogP contribution in [0.25, 0.3) is 22.1 Å². The fourth-order valence-corrected chi connectivity index (χ4v) is 12.1. The van der Waals surface area contributed by atoms with Crippen molar-refractivity contribution < 1.29 is 63.6 Å². The number of rotatable bonds is 13. The minimum absolute atomic E-state index is 0. The predicted molar refractivity (Wildman–Crippen MR) is 341 cm³/mol. The first-order valence-corrected chi connectivity index (χ1v) is 30.6. The average Bonchev–Trinajstić information content (AvgIpc) is 1.99. The maximum atomic E-state index is 13.3. The number of benzene rings is 4. The second kappa shape index (κ2) is 30.3. The number of hydrogen-bond donors (Lipinski definition) is 3. The number of nitrogens with one attached hydrogen (secondary N) is 2. The summed E-state index contributed by atoms with van der Waals surface area (Å²) in [6.45, 7) is 24.8. The molecule has 2 aromatic heterocycles. The van der Waals surface area contributed by atoms with Crippen LogP contribution in [0, 0.1) is 25.7 Å². The first-order chi connectivity index (χ1) is 40.6. The summed E-state index contributed by atoms with van der Waals surface area (Å²) in [5, 5.41) is 15.8. The molecule has 4 amide bonds. The van der Waals surface area contributed by atoms with Gasteiger partial charge in [-0.1, -0.05) is 47.5 Å². The van der Waals surface area contributed by atoms with Gasteiger partial charge in [0.05, 0.1) is 34.6 Å². The number of aryl methyl sites for hydroxylation is 2. The molecule has 87 heavy (non-hydrogen) atoms. The summed E-state index contributed by atoms with van der Waals surface area (Å²) in [7, 11) is 0. The number of imidazole rings is 2. The molecule has 2 saturated heterocycles. The Balaban J connectivity index is 0.000000272. The van der Waals surface area contributed by atoms with Crippen molar-refractivity contribution in [2.75, 3.05) is 76.2 Å². The maximum Gasteiger partial charge on any atom is 1.00 e. The van der Waals surface area contributed by atoms with Crippen molar-refractivity contribution in [3.05, 3.63) is 118 Å². The van der Waals surface area contributed by atoms with Gasteiger partial charge in [0.25, 0.3) is 11.8 Å². The summed E-state index contributed by atoms with van der Waals surface area (Å²) < 4.78 is 20.7. The van der Waals surface area contributed by atoms with Gasteiger partial charge in [-0.15, -0.1) is 0 Å². The third kappa shape index (κ3) is 18.2. The molecule has 2 aliphatic carbocycles. The van der Waals surface area contributed by atoms with Crippen LogP contribution in [-0.2, 0) is 32.1 Å². The van der Waals surface area contributed by atoms with E-state index in [0.717, 1.165) is 135 Å². The minimum atomic E-state index is -0.508. The van der Waals surface area contributed by atoms with Gasteiger partial charge in [0, 0.05) is 95.3 Å². The van der Waals surface area contributed by atoms with E-state index in [9.17, 15) is 29.1 Å². The average molecular weight is 1200 g/mol. The smallest absolute Gasteiger partial charge is 1.00 e. The molecule has 3 N–H and O–H groups in total. The van der Waals surface area contributed by atoms with Crippen LogP contribution in [-0.4, -0.2) is 168 Å². The number of hydrogen-bond acceptors (Lipinski definition) is 13. The van der Waals surface area contributed by atoms with Gasteiger partial charge in [0.1, 0.15) is 11.2 Å². The second-order valence-electron chi connectivity index (χ2n) is 25.5. The zero-order chi connectivity index (χ0) is 60.6. The zero-order valence-corrected chi connectivity index (χ0v) is 52.3. The number of carbonyl (C=O) groups excluding carboxylic acids is 5. The van der Waals surface area contributed by atoms with Crippen LogP contribution < -0.4 is 29.5 Å². The minimum Gasteiger partial charge on any atom is -1.00 e. The first kappa shape index (κ1) is 68.3. The molecule has 0 unspecified atom stereocenters. The largest absolute Gasteiger partial charge is 1.00 e. The van der Waals surface area contributed by atoms with Crippen LogP contribution >= 0.6 is 0 Å². The van der Waals surface area contributed by atoms with Gasteiger partial charge < -0.3 is 39.7 Å². The SMILES string of the molecule is CCOC(=O)C1CCC(n2c(NC(=O)c3cccc(C)c3)nc3cc(CN4CCN(C(=O)OC(C)(C)C)CC4)ccc32)CC1.Cc1cccc(C(=O)Nc2nc3cc(CN4CCN(C(=O)OC(C)(C)C)CC4)ccc3n2C2CCC(CO)CC2)c1.[AlH3].[H-].[Li+]. The number of fused-ring (bicyclic) bond motifs is 2. The van der Waals surface area contributed by atoms with E-state index in [0.29, 0.717) is 61.7 Å². The van der Waals surface area contributed by atoms with Crippen LogP contribution in [0.3, 0.4) is 0 Å². The third-order valence-electron chi connectivity index (χ3n) is 16.5. The van der Waals surface area contributed by atoms with E-state index in [1.54, 1.807) is 15.9 Å². The fourth-order valence-electron chi connectivity index (χ4n) is 12.1. The predicted octanol–water partition coefficient (Wildman–Crippen LogP) is 7.25. The number of aromatic nitrogens is 4. The molecule has 10 rings (SSSR count). The van der Waals surface area contributed by atoms with Crippen LogP contribution in [0.4, 0.5) is 21.5 Å². The summed E-state index contributed by atoms with van der Waals surface area (Å²) in [5.74, 6) is 0.857. The molecular formula is C66H92AlLiN10O9. The molecule has 4 aromatic carbocycles. The van der Waals surface area contributed by atoms with E-state index in [1.807, 2.05) is 105 Å². The number of esters is 1. The first-order valence-electron chi connectivity index (χ1n) is 30.6. The van der Waals surface area contributed by atoms with E-state index < -0.39 is 11.2 Å². The van der Waals surface area contributed by atoms with E-state index in [-0.39, 0.29) is 92.2 Å². The Morgan fingerprint density at radius 1 is 0.575 bits per heavy atom. The van der Waals surface area contributed by atoms with Crippen LogP contribution in [0.5, 0.6) is 0 Å². The van der Waals surface area contributed by atoms with Crippen molar-refractivity contribution >= 4 is 81.3 Å². The number of piperazine rings is 2. The van der Waals surface area contributed by atoms with E-state index in [2.05, 4.69) is 66.0 Å². The number of nitrogens with zero attached hydrogens (tertiary/aromatic N) is 8. The molecule has 0 spiro atoms. The molecule has 2 aliphatic heterocycles.